The molecule has 8 heteroatoms. The zero-order valence-electron chi connectivity index (χ0n) is 12.9. The number of nitrogens with zero attached hydrogens (tertiary/aromatic N) is 3. The van der Waals surface area contributed by atoms with Crippen LogP contribution >= 0.6 is 0 Å². The van der Waals surface area contributed by atoms with Gasteiger partial charge in [0.2, 0.25) is 5.91 Å². The van der Waals surface area contributed by atoms with Gasteiger partial charge >= 0.3 is 5.69 Å². The molecule has 0 fully saturated rings. The second-order valence-corrected chi connectivity index (χ2v) is 5.16. The third-order valence-corrected chi connectivity index (χ3v) is 3.41. The summed E-state index contributed by atoms with van der Waals surface area (Å²) in [6, 6.07) is 5.65. The first kappa shape index (κ1) is 16.6. The second-order valence-electron chi connectivity index (χ2n) is 5.16. The van der Waals surface area contributed by atoms with Crippen molar-refractivity contribution in [2.24, 2.45) is 0 Å². The summed E-state index contributed by atoms with van der Waals surface area (Å²) < 4.78 is 14.6. The van der Waals surface area contributed by atoms with E-state index < -0.39 is 10.7 Å². The summed E-state index contributed by atoms with van der Waals surface area (Å²) in [6.45, 7) is 3.61. The number of nitro groups is 1. The normalized spacial score (nSPS) is 10.6. The summed E-state index contributed by atoms with van der Waals surface area (Å²) in [5.74, 6) is -0.663. The molecule has 1 N–H and O–H groups in total. The van der Waals surface area contributed by atoms with E-state index >= 15 is 0 Å². The van der Waals surface area contributed by atoms with Crippen LogP contribution in [-0.2, 0) is 11.3 Å². The molecule has 1 aromatic carbocycles. The van der Waals surface area contributed by atoms with E-state index in [4.69, 9.17) is 0 Å². The Labute approximate surface area is 132 Å². The number of amides is 1. The Morgan fingerprint density at radius 2 is 2.17 bits per heavy atom. The van der Waals surface area contributed by atoms with Crippen LogP contribution in [0, 0.1) is 29.8 Å². The van der Waals surface area contributed by atoms with Crippen LogP contribution in [0.5, 0.6) is 0 Å². The highest BCUT2D eigenvalue weighted by atomic mass is 19.1. The second kappa shape index (κ2) is 6.99. The van der Waals surface area contributed by atoms with Gasteiger partial charge in [0.25, 0.3) is 0 Å². The third kappa shape index (κ3) is 4.12. The van der Waals surface area contributed by atoms with Crippen LogP contribution in [0.1, 0.15) is 24.2 Å². The van der Waals surface area contributed by atoms with Gasteiger partial charge in [0.1, 0.15) is 17.2 Å². The Morgan fingerprint density at radius 1 is 1.43 bits per heavy atom. The molecule has 7 nitrogen and oxygen atoms in total. The van der Waals surface area contributed by atoms with Gasteiger partial charge < -0.3 is 5.32 Å². The molecule has 23 heavy (non-hydrogen) atoms. The molecule has 1 aromatic heterocycles. The number of hydrogen-bond donors (Lipinski definition) is 1. The quantitative estimate of drug-likeness (QED) is 0.654. The molecule has 0 aliphatic carbocycles. The van der Waals surface area contributed by atoms with Gasteiger partial charge in [-0.25, -0.2) is 4.39 Å². The fourth-order valence-electron chi connectivity index (χ4n) is 2.35. The van der Waals surface area contributed by atoms with Gasteiger partial charge in [-0.15, -0.1) is 0 Å². The van der Waals surface area contributed by atoms with E-state index in [0.29, 0.717) is 30.0 Å². The van der Waals surface area contributed by atoms with Crippen LogP contribution in [0.15, 0.2) is 24.3 Å². The van der Waals surface area contributed by atoms with Gasteiger partial charge in [0.05, 0.1) is 4.92 Å². The van der Waals surface area contributed by atoms with E-state index in [0.717, 1.165) is 0 Å². The van der Waals surface area contributed by atoms with Crippen LogP contribution in [0.2, 0.25) is 0 Å². The minimum absolute atomic E-state index is 0.00853. The van der Waals surface area contributed by atoms with Gasteiger partial charge in [-0.2, -0.15) is 5.10 Å². The number of aryl methyl sites for hydroxylation is 2. The summed E-state index contributed by atoms with van der Waals surface area (Å²) >= 11 is 0. The minimum Gasteiger partial charge on any atom is -0.326 e. The van der Waals surface area contributed by atoms with Crippen molar-refractivity contribution in [3.05, 3.63) is 51.6 Å². The van der Waals surface area contributed by atoms with Crippen LogP contribution < -0.4 is 5.32 Å². The Kier molecular flexibility index (Phi) is 5.05. The molecule has 122 valence electrons. The van der Waals surface area contributed by atoms with Gasteiger partial charge in [0.15, 0.2) is 0 Å². The van der Waals surface area contributed by atoms with Gasteiger partial charge in [-0.1, -0.05) is 6.07 Å². The number of hydrogen-bond acceptors (Lipinski definition) is 4. The number of halogens is 1. The lowest BCUT2D eigenvalue weighted by Gasteiger charge is -2.06. The van der Waals surface area contributed by atoms with Crippen molar-refractivity contribution < 1.29 is 14.1 Å². The van der Waals surface area contributed by atoms with E-state index in [2.05, 4.69) is 10.4 Å². The lowest BCUT2D eigenvalue weighted by molar-refractivity contribution is -0.386. The van der Waals surface area contributed by atoms with Crippen molar-refractivity contribution >= 4 is 17.3 Å². The maximum atomic E-state index is 13.0. The fraction of sp³-hybridized carbons (Fsp3) is 0.333. The van der Waals surface area contributed by atoms with Crippen molar-refractivity contribution in [2.45, 2.75) is 33.2 Å². The van der Waals surface area contributed by atoms with Crippen LogP contribution in [-0.4, -0.2) is 20.6 Å². The van der Waals surface area contributed by atoms with E-state index in [1.54, 1.807) is 19.9 Å². The van der Waals surface area contributed by atoms with Crippen molar-refractivity contribution in [2.75, 3.05) is 5.32 Å². The Hall–Kier alpha value is -2.77. The zero-order chi connectivity index (χ0) is 17.0. The molecule has 0 aliphatic heterocycles. The summed E-state index contributed by atoms with van der Waals surface area (Å²) in [6.07, 6.45) is 0.683. The summed E-state index contributed by atoms with van der Waals surface area (Å²) in [4.78, 5) is 22.3. The predicted molar refractivity (Wildman–Crippen MR) is 82.6 cm³/mol. The molecule has 0 atom stereocenters. The molecular weight excluding hydrogens is 303 g/mol. The fourth-order valence-corrected chi connectivity index (χ4v) is 2.35. The van der Waals surface area contributed by atoms with E-state index in [1.165, 1.54) is 22.9 Å². The van der Waals surface area contributed by atoms with Crippen LogP contribution in [0.25, 0.3) is 0 Å². The number of nitrogens with one attached hydrogen (secondary N) is 1. The number of carbonyl (C=O) groups excluding carboxylic acids is 1. The molecule has 1 amide bonds. The Bertz CT molecular complexity index is 742. The highest BCUT2D eigenvalue weighted by Gasteiger charge is 2.21. The summed E-state index contributed by atoms with van der Waals surface area (Å²) in [5.41, 5.74) is 1.24. The number of benzene rings is 1. The highest BCUT2D eigenvalue weighted by molar-refractivity contribution is 5.90. The first-order valence-electron chi connectivity index (χ1n) is 7.12. The molecule has 0 saturated carbocycles. The first-order chi connectivity index (χ1) is 10.9. The lowest BCUT2D eigenvalue weighted by Crippen LogP contribution is -2.13. The van der Waals surface area contributed by atoms with Crippen molar-refractivity contribution in [1.82, 2.24) is 9.78 Å². The van der Waals surface area contributed by atoms with Gasteiger partial charge in [0, 0.05) is 18.7 Å². The smallest absolute Gasteiger partial charge is 0.312 e. The van der Waals surface area contributed by atoms with E-state index in [-0.39, 0.29) is 18.0 Å². The van der Waals surface area contributed by atoms with Crippen molar-refractivity contribution in [3.8, 4) is 0 Å². The maximum absolute atomic E-state index is 13.0. The minimum atomic E-state index is -0.454. The number of aromatic nitrogens is 2. The topological polar surface area (TPSA) is 90.1 Å². The molecule has 0 saturated heterocycles. The van der Waals surface area contributed by atoms with Crippen molar-refractivity contribution in [1.29, 1.82) is 0 Å². The summed E-state index contributed by atoms with van der Waals surface area (Å²) in [7, 11) is 0. The molecular formula is C15H17FN4O3. The lowest BCUT2D eigenvalue weighted by atomic mass is 10.2. The van der Waals surface area contributed by atoms with Gasteiger partial charge in [-0.3, -0.25) is 19.6 Å². The molecule has 0 aliphatic rings. The molecule has 0 bridgehead atoms. The highest BCUT2D eigenvalue weighted by Crippen LogP contribution is 2.22. The Balaban J connectivity index is 1.89. The molecule has 1 heterocycles. The number of anilines is 1. The average molecular weight is 320 g/mol. The zero-order valence-corrected chi connectivity index (χ0v) is 12.9. The van der Waals surface area contributed by atoms with Gasteiger partial charge in [-0.05, 0) is 38.5 Å². The van der Waals surface area contributed by atoms with E-state index in [9.17, 15) is 19.3 Å². The molecule has 0 spiro atoms. The maximum Gasteiger partial charge on any atom is 0.312 e. The first-order valence-corrected chi connectivity index (χ1v) is 7.12. The molecule has 2 aromatic rings. The predicted octanol–water partition coefficient (Wildman–Crippen LogP) is 2.97. The average Bonchev–Trinajstić information content (AvgIpc) is 2.73. The number of carbonyl (C=O) groups is 1. The third-order valence-electron chi connectivity index (χ3n) is 3.41. The molecule has 0 radical (unpaired) electrons. The SMILES string of the molecule is Cc1nn(CCCC(=O)Nc2cccc(F)c2)c(C)c1[N+](=O)[O-]. The Morgan fingerprint density at radius 3 is 2.78 bits per heavy atom. The van der Waals surface area contributed by atoms with Crippen LogP contribution in [0.3, 0.4) is 0 Å². The van der Waals surface area contributed by atoms with Crippen LogP contribution in [0.4, 0.5) is 15.8 Å². The molecule has 0 unspecified atom stereocenters. The standard InChI is InChI=1S/C15H17FN4O3/c1-10-15(20(22)23)11(2)19(18-10)8-4-7-14(21)17-13-6-3-5-12(16)9-13/h3,5-6,9H,4,7-8H2,1-2H3,(H,17,21). The molecule has 2 rings (SSSR count). The van der Waals surface area contributed by atoms with Crippen molar-refractivity contribution in [3.63, 3.8) is 0 Å². The van der Waals surface area contributed by atoms with E-state index in [1.807, 2.05) is 0 Å². The monoisotopic (exact) mass is 320 g/mol. The largest absolute Gasteiger partial charge is 0.326 e. The number of rotatable bonds is 6. The summed E-state index contributed by atoms with van der Waals surface area (Å²) in [5, 5.41) is 17.6.